The number of hydrogen-bond acceptors (Lipinski definition) is 1. The molecule has 1 atom stereocenters. The Kier molecular flexibility index (Phi) is 2.82. The Bertz CT molecular complexity index is 294. The van der Waals surface area contributed by atoms with Gasteiger partial charge in [0.05, 0.1) is 0 Å². The Hall–Kier alpha value is -0.890. The highest BCUT2D eigenvalue weighted by Crippen LogP contribution is 2.26. The highest BCUT2D eigenvalue weighted by atomic mass is 19.1. The molecule has 0 radical (unpaired) electrons. The minimum atomic E-state index is -0.140. The van der Waals surface area contributed by atoms with Crippen LogP contribution in [0.1, 0.15) is 24.8 Å². The van der Waals surface area contributed by atoms with Gasteiger partial charge in [-0.25, -0.2) is 4.39 Å². The smallest absolute Gasteiger partial charge is 0.123 e. The number of nitrogens with zero attached hydrogens (tertiary/aromatic N) is 1. The van der Waals surface area contributed by atoms with Gasteiger partial charge in [-0.3, -0.25) is 0 Å². The number of halogens is 1. The van der Waals surface area contributed by atoms with E-state index in [-0.39, 0.29) is 5.82 Å². The summed E-state index contributed by atoms with van der Waals surface area (Å²) in [7, 11) is 0. The third-order valence-electron chi connectivity index (χ3n) is 3.06. The van der Waals surface area contributed by atoms with E-state index in [4.69, 9.17) is 0 Å². The van der Waals surface area contributed by atoms with Crippen molar-refractivity contribution in [2.45, 2.75) is 19.3 Å². The lowest BCUT2D eigenvalue weighted by atomic mass is 9.99. The molecule has 76 valence electrons. The summed E-state index contributed by atoms with van der Waals surface area (Å²) in [6.07, 6.45) is 1.21. The fraction of sp³-hybridized carbons (Fsp3) is 0.500. The van der Waals surface area contributed by atoms with Crippen LogP contribution in [0.5, 0.6) is 0 Å². The van der Waals surface area contributed by atoms with Crippen molar-refractivity contribution in [3.63, 3.8) is 0 Å². The van der Waals surface area contributed by atoms with E-state index in [0.717, 1.165) is 13.1 Å². The molecule has 0 aliphatic carbocycles. The molecule has 0 unspecified atom stereocenters. The summed E-state index contributed by atoms with van der Waals surface area (Å²) in [4.78, 5) is 2.44. The van der Waals surface area contributed by atoms with Gasteiger partial charge in [0.25, 0.3) is 0 Å². The van der Waals surface area contributed by atoms with Crippen LogP contribution in [0.3, 0.4) is 0 Å². The molecular weight excluding hydrogens is 177 g/mol. The van der Waals surface area contributed by atoms with Gasteiger partial charge in [0.1, 0.15) is 5.82 Å². The van der Waals surface area contributed by atoms with Crippen LogP contribution < -0.4 is 0 Å². The Labute approximate surface area is 84.5 Å². The third kappa shape index (κ3) is 1.95. The molecule has 0 saturated carbocycles. The van der Waals surface area contributed by atoms with Gasteiger partial charge >= 0.3 is 0 Å². The summed E-state index contributed by atoms with van der Waals surface area (Å²) in [5, 5.41) is 0. The summed E-state index contributed by atoms with van der Waals surface area (Å²) in [6, 6.07) is 6.95. The van der Waals surface area contributed by atoms with E-state index in [1.807, 2.05) is 12.1 Å². The molecule has 0 aromatic heterocycles. The summed E-state index contributed by atoms with van der Waals surface area (Å²) < 4.78 is 12.7. The first-order chi connectivity index (χ1) is 6.79. The normalized spacial score (nSPS) is 22.9. The summed E-state index contributed by atoms with van der Waals surface area (Å²) >= 11 is 0. The van der Waals surface area contributed by atoms with Crippen LogP contribution in [0.4, 0.5) is 4.39 Å². The maximum absolute atomic E-state index is 12.7. The maximum atomic E-state index is 12.7. The second-order valence-electron chi connectivity index (χ2n) is 3.93. The second-order valence-corrected chi connectivity index (χ2v) is 3.93. The molecular formula is C12H16FN. The fourth-order valence-corrected chi connectivity index (χ4v) is 2.13. The summed E-state index contributed by atoms with van der Waals surface area (Å²) in [5.74, 6) is 0.467. The number of benzene rings is 1. The minimum Gasteiger partial charge on any atom is -0.303 e. The Morgan fingerprint density at radius 3 is 2.64 bits per heavy atom. The van der Waals surface area contributed by atoms with Crippen molar-refractivity contribution >= 4 is 0 Å². The van der Waals surface area contributed by atoms with E-state index in [0.29, 0.717) is 5.92 Å². The van der Waals surface area contributed by atoms with Crippen LogP contribution in [0, 0.1) is 5.82 Å². The van der Waals surface area contributed by atoms with Crippen molar-refractivity contribution in [3.8, 4) is 0 Å². The second kappa shape index (κ2) is 4.09. The number of likely N-dealkylation sites (N-methyl/N-ethyl adjacent to an activating group) is 1. The number of hydrogen-bond donors (Lipinski definition) is 0. The van der Waals surface area contributed by atoms with Gasteiger partial charge in [0.2, 0.25) is 0 Å². The number of likely N-dealkylation sites (tertiary alicyclic amines) is 1. The standard InChI is InChI=1S/C12H16FN/c1-2-14-8-7-11(9-14)10-3-5-12(13)6-4-10/h3-6,11H,2,7-9H2,1H3/t11-/m0/s1. The molecule has 1 aromatic carbocycles. The molecule has 1 heterocycles. The van der Waals surface area contributed by atoms with E-state index >= 15 is 0 Å². The molecule has 1 saturated heterocycles. The van der Waals surface area contributed by atoms with Crippen LogP contribution in [0.25, 0.3) is 0 Å². The first kappa shape index (κ1) is 9.66. The van der Waals surface area contributed by atoms with E-state index in [2.05, 4.69) is 11.8 Å². The zero-order chi connectivity index (χ0) is 9.97. The molecule has 1 aliphatic heterocycles. The van der Waals surface area contributed by atoms with E-state index in [1.54, 1.807) is 12.1 Å². The molecule has 1 aromatic rings. The molecule has 0 amide bonds. The largest absolute Gasteiger partial charge is 0.303 e. The van der Waals surface area contributed by atoms with Crippen LogP contribution in [0.2, 0.25) is 0 Å². The van der Waals surface area contributed by atoms with Crippen molar-refractivity contribution in [1.82, 2.24) is 4.90 Å². The van der Waals surface area contributed by atoms with Crippen LogP contribution in [0.15, 0.2) is 24.3 Å². The zero-order valence-electron chi connectivity index (χ0n) is 8.54. The van der Waals surface area contributed by atoms with Crippen molar-refractivity contribution < 1.29 is 4.39 Å². The van der Waals surface area contributed by atoms with Crippen molar-refractivity contribution in [1.29, 1.82) is 0 Å². The molecule has 0 N–H and O–H groups in total. The van der Waals surface area contributed by atoms with E-state index < -0.39 is 0 Å². The average molecular weight is 193 g/mol. The van der Waals surface area contributed by atoms with Gasteiger partial charge in [0.15, 0.2) is 0 Å². The topological polar surface area (TPSA) is 3.24 Å². The third-order valence-corrected chi connectivity index (χ3v) is 3.06. The van der Waals surface area contributed by atoms with Gasteiger partial charge in [-0.2, -0.15) is 0 Å². The quantitative estimate of drug-likeness (QED) is 0.698. The first-order valence-corrected chi connectivity index (χ1v) is 5.27. The van der Waals surface area contributed by atoms with Gasteiger partial charge in [-0.15, -0.1) is 0 Å². The van der Waals surface area contributed by atoms with Gasteiger partial charge in [-0.05, 0) is 43.1 Å². The monoisotopic (exact) mass is 193 g/mol. The summed E-state index contributed by atoms with van der Waals surface area (Å²) in [5.41, 5.74) is 1.28. The highest BCUT2D eigenvalue weighted by molar-refractivity contribution is 5.21. The van der Waals surface area contributed by atoms with Crippen LogP contribution in [-0.4, -0.2) is 24.5 Å². The minimum absolute atomic E-state index is 0.140. The maximum Gasteiger partial charge on any atom is 0.123 e. The molecule has 2 heteroatoms. The Balaban J connectivity index is 2.06. The van der Waals surface area contributed by atoms with Gasteiger partial charge < -0.3 is 4.90 Å². The van der Waals surface area contributed by atoms with Crippen LogP contribution >= 0.6 is 0 Å². The predicted octanol–water partition coefficient (Wildman–Crippen LogP) is 2.63. The van der Waals surface area contributed by atoms with E-state index in [1.165, 1.54) is 18.5 Å². The molecule has 1 nitrogen and oxygen atoms in total. The van der Waals surface area contributed by atoms with Crippen molar-refractivity contribution in [3.05, 3.63) is 35.6 Å². The molecule has 2 rings (SSSR count). The van der Waals surface area contributed by atoms with E-state index in [9.17, 15) is 4.39 Å². The molecule has 0 bridgehead atoms. The molecule has 0 spiro atoms. The lowest BCUT2D eigenvalue weighted by Crippen LogP contribution is -2.19. The summed E-state index contributed by atoms with van der Waals surface area (Å²) in [6.45, 7) is 5.62. The molecule has 1 fully saturated rings. The lowest BCUT2D eigenvalue weighted by molar-refractivity contribution is 0.354. The molecule has 14 heavy (non-hydrogen) atoms. The lowest BCUT2D eigenvalue weighted by Gasteiger charge is -2.13. The zero-order valence-corrected chi connectivity index (χ0v) is 8.54. The van der Waals surface area contributed by atoms with Gasteiger partial charge in [-0.1, -0.05) is 19.1 Å². The van der Waals surface area contributed by atoms with Gasteiger partial charge in [0, 0.05) is 6.54 Å². The molecule has 1 aliphatic rings. The fourth-order valence-electron chi connectivity index (χ4n) is 2.13. The average Bonchev–Trinajstić information content (AvgIpc) is 2.67. The van der Waals surface area contributed by atoms with Crippen molar-refractivity contribution in [2.24, 2.45) is 0 Å². The highest BCUT2D eigenvalue weighted by Gasteiger charge is 2.22. The van der Waals surface area contributed by atoms with Crippen LogP contribution in [-0.2, 0) is 0 Å². The predicted molar refractivity (Wildman–Crippen MR) is 55.9 cm³/mol. The first-order valence-electron chi connectivity index (χ1n) is 5.27. The SMILES string of the molecule is CCN1CC[C@H](c2ccc(F)cc2)C1. The van der Waals surface area contributed by atoms with Crippen molar-refractivity contribution in [2.75, 3.05) is 19.6 Å². The Morgan fingerprint density at radius 1 is 1.36 bits per heavy atom. The Morgan fingerprint density at radius 2 is 2.07 bits per heavy atom. The number of rotatable bonds is 2.